The first kappa shape index (κ1) is 15.4. The summed E-state index contributed by atoms with van der Waals surface area (Å²) < 4.78 is 39.3. The minimum absolute atomic E-state index is 0.219. The van der Waals surface area contributed by atoms with Crippen LogP contribution in [-0.2, 0) is 6.54 Å². The predicted molar refractivity (Wildman–Crippen MR) is 74.3 cm³/mol. The summed E-state index contributed by atoms with van der Waals surface area (Å²) in [5.41, 5.74) is 0.894. The first-order valence-electron chi connectivity index (χ1n) is 7.40. The van der Waals surface area contributed by atoms with Crippen molar-refractivity contribution in [1.29, 1.82) is 0 Å². The Morgan fingerprint density at radius 2 is 1.70 bits per heavy atom. The second kappa shape index (κ2) is 7.11. The molecular weight excluding hydrogens is 263 g/mol. The van der Waals surface area contributed by atoms with Crippen molar-refractivity contribution in [3.05, 3.63) is 35.9 Å². The van der Waals surface area contributed by atoms with Crippen LogP contribution in [0.4, 0.5) is 13.2 Å². The van der Waals surface area contributed by atoms with E-state index in [-0.39, 0.29) is 18.9 Å². The number of hydrogen-bond acceptors (Lipinski definition) is 1. The number of benzene rings is 1. The van der Waals surface area contributed by atoms with Crippen LogP contribution >= 0.6 is 0 Å². The van der Waals surface area contributed by atoms with Crippen LogP contribution in [0.5, 0.6) is 0 Å². The monoisotopic (exact) mass is 285 g/mol. The van der Waals surface area contributed by atoms with Gasteiger partial charge in [0, 0.05) is 6.54 Å². The molecule has 1 saturated carbocycles. The molecule has 0 amide bonds. The van der Waals surface area contributed by atoms with Gasteiger partial charge in [-0.1, -0.05) is 62.4 Å². The summed E-state index contributed by atoms with van der Waals surface area (Å²) in [6.07, 6.45) is 1.27. The molecular formula is C16H22F3N. The molecule has 1 aliphatic carbocycles. The standard InChI is InChI=1S/C16H22F3N/c17-16(18,19)15(11-13-7-3-1-4-8-13)20-12-14-9-5-2-6-10-14/h2,5-6,9-10,13,15,20H,1,3-4,7-8,11-12H2. The van der Waals surface area contributed by atoms with E-state index in [0.29, 0.717) is 0 Å². The van der Waals surface area contributed by atoms with E-state index in [9.17, 15) is 13.2 Å². The molecule has 1 aromatic rings. The number of rotatable bonds is 5. The predicted octanol–water partition coefficient (Wildman–Crippen LogP) is 4.68. The lowest BCUT2D eigenvalue weighted by molar-refractivity contribution is -0.160. The van der Waals surface area contributed by atoms with Gasteiger partial charge in [0.05, 0.1) is 0 Å². The van der Waals surface area contributed by atoms with E-state index in [1.165, 1.54) is 6.42 Å². The Kier molecular flexibility index (Phi) is 5.46. The molecule has 1 nitrogen and oxygen atoms in total. The molecule has 0 saturated heterocycles. The maximum absolute atomic E-state index is 13.1. The van der Waals surface area contributed by atoms with Gasteiger partial charge < -0.3 is 5.32 Å². The van der Waals surface area contributed by atoms with Crippen LogP contribution in [0.1, 0.15) is 44.1 Å². The molecule has 1 N–H and O–H groups in total. The fraction of sp³-hybridized carbons (Fsp3) is 0.625. The molecule has 20 heavy (non-hydrogen) atoms. The van der Waals surface area contributed by atoms with E-state index in [1.54, 1.807) is 0 Å². The van der Waals surface area contributed by atoms with Gasteiger partial charge in [-0.15, -0.1) is 0 Å². The largest absolute Gasteiger partial charge is 0.403 e. The molecule has 2 rings (SSSR count). The number of alkyl halides is 3. The second-order valence-electron chi connectivity index (χ2n) is 5.70. The molecule has 0 spiro atoms. The van der Waals surface area contributed by atoms with Gasteiger partial charge in [0.1, 0.15) is 6.04 Å². The van der Waals surface area contributed by atoms with Crippen LogP contribution < -0.4 is 5.32 Å². The van der Waals surface area contributed by atoms with Crippen LogP contribution in [0.2, 0.25) is 0 Å². The van der Waals surface area contributed by atoms with Crippen molar-refractivity contribution in [2.75, 3.05) is 0 Å². The molecule has 1 aliphatic rings. The molecule has 0 heterocycles. The Balaban J connectivity index is 1.90. The van der Waals surface area contributed by atoms with Crippen molar-refractivity contribution in [2.24, 2.45) is 5.92 Å². The van der Waals surface area contributed by atoms with Gasteiger partial charge in [-0.3, -0.25) is 0 Å². The van der Waals surface area contributed by atoms with Gasteiger partial charge in [0.25, 0.3) is 0 Å². The van der Waals surface area contributed by atoms with E-state index in [2.05, 4.69) is 5.32 Å². The summed E-state index contributed by atoms with van der Waals surface area (Å²) in [6, 6.07) is 7.88. The van der Waals surface area contributed by atoms with Crippen LogP contribution in [0, 0.1) is 5.92 Å². The number of halogens is 3. The molecule has 0 radical (unpaired) electrons. The van der Waals surface area contributed by atoms with Crippen LogP contribution in [0.3, 0.4) is 0 Å². The van der Waals surface area contributed by atoms with Crippen LogP contribution in [-0.4, -0.2) is 12.2 Å². The fourth-order valence-corrected chi connectivity index (χ4v) is 2.93. The second-order valence-corrected chi connectivity index (χ2v) is 5.70. The third-order valence-corrected chi connectivity index (χ3v) is 4.08. The molecule has 1 unspecified atom stereocenters. The maximum atomic E-state index is 13.1. The van der Waals surface area contributed by atoms with Gasteiger partial charge >= 0.3 is 6.18 Å². The number of nitrogens with one attached hydrogen (secondary N) is 1. The topological polar surface area (TPSA) is 12.0 Å². The van der Waals surface area contributed by atoms with E-state index >= 15 is 0 Å². The zero-order valence-electron chi connectivity index (χ0n) is 11.6. The van der Waals surface area contributed by atoms with Crippen molar-refractivity contribution in [3.63, 3.8) is 0 Å². The van der Waals surface area contributed by atoms with Gasteiger partial charge in [-0.05, 0) is 17.9 Å². The van der Waals surface area contributed by atoms with E-state index < -0.39 is 12.2 Å². The molecule has 112 valence electrons. The average Bonchev–Trinajstić information content (AvgIpc) is 2.44. The van der Waals surface area contributed by atoms with Crippen molar-refractivity contribution in [1.82, 2.24) is 5.32 Å². The first-order valence-corrected chi connectivity index (χ1v) is 7.40. The molecule has 1 atom stereocenters. The highest BCUT2D eigenvalue weighted by Crippen LogP contribution is 2.32. The van der Waals surface area contributed by atoms with Crippen LogP contribution in [0.25, 0.3) is 0 Å². The smallest absolute Gasteiger partial charge is 0.302 e. The average molecular weight is 285 g/mol. The Morgan fingerprint density at radius 1 is 1.05 bits per heavy atom. The SMILES string of the molecule is FC(F)(F)C(CC1CCCCC1)NCc1ccccc1. The highest BCUT2D eigenvalue weighted by Gasteiger charge is 2.40. The molecule has 1 aromatic carbocycles. The lowest BCUT2D eigenvalue weighted by atomic mass is 9.84. The minimum atomic E-state index is -4.16. The van der Waals surface area contributed by atoms with E-state index in [1.807, 2.05) is 30.3 Å². The quantitative estimate of drug-likeness (QED) is 0.828. The summed E-state index contributed by atoms with van der Waals surface area (Å²) in [5.74, 6) is 0.221. The molecule has 4 heteroatoms. The van der Waals surface area contributed by atoms with Gasteiger partial charge in [-0.25, -0.2) is 0 Å². The minimum Gasteiger partial charge on any atom is -0.302 e. The third-order valence-electron chi connectivity index (χ3n) is 4.08. The number of hydrogen-bond donors (Lipinski definition) is 1. The maximum Gasteiger partial charge on any atom is 0.403 e. The third kappa shape index (κ3) is 4.82. The molecule has 0 bridgehead atoms. The lowest BCUT2D eigenvalue weighted by Gasteiger charge is -2.28. The lowest BCUT2D eigenvalue weighted by Crippen LogP contribution is -2.43. The molecule has 1 fully saturated rings. The zero-order valence-corrected chi connectivity index (χ0v) is 11.6. The summed E-state index contributed by atoms with van der Waals surface area (Å²) in [4.78, 5) is 0. The van der Waals surface area contributed by atoms with E-state index in [4.69, 9.17) is 0 Å². The highest BCUT2D eigenvalue weighted by molar-refractivity contribution is 5.14. The Bertz CT molecular complexity index is 382. The van der Waals surface area contributed by atoms with Gasteiger partial charge in [0.2, 0.25) is 0 Å². The normalized spacial score (nSPS) is 18.9. The Morgan fingerprint density at radius 3 is 2.30 bits per heavy atom. The zero-order chi connectivity index (χ0) is 14.4. The molecule has 0 aromatic heterocycles. The Labute approximate surface area is 118 Å². The van der Waals surface area contributed by atoms with Crippen molar-refractivity contribution >= 4 is 0 Å². The van der Waals surface area contributed by atoms with Gasteiger partial charge in [0.15, 0.2) is 0 Å². The fourth-order valence-electron chi connectivity index (χ4n) is 2.93. The highest BCUT2D eigenvalue weighted by atomic mass is 19.4. The Hall–Kier alpha value is -1.03. The summed E-state index contributed by atoms with van der Waals surface area (Å²) in [7, 11) is 0. The van der Waals surface area contributed by atoms with Crippen molar-refractivity contribution < 1.29 is 13.2 Å². The van der Waals surface area contributed by atoms with Crippen LogP contribution in [0.15, 0.2) is 30.3 Å². The van der Waals surface area contributed by atoms with Crippen molar-refractivity contribution in [2.45, 2.75) is 57.3 Å². The summed E-state index contributed by atoms with van der Waals surface area (Å²) in [6.45, 7) is 0.276. The molecule has 0 aliphatic heterocycles. The summed E-state index contributed by atoms with van der Waals surface area (Å²) >= 11 is 0. The first-order chi connectivity index (χ1) is 9.55. The van der Waals surface area contributed by atoms with Crippen molar-refractivity contribution in [3.8, 4) is 0 Å². The van der Waals surface area contributed by atoms with Gasteiger partial charge in [-0.2, -0.15) is 13.2 Å². The van der Waals surface area contributed by atoms with E-state index in [0.717, 1.165) is 31.2 Å². The summed E-state index contributed by atoms with van der Waals surface area (Å²) in [5, 5.41) is 2.70.